The third-order valence-corrected chi connectivity index (χ3v) is 2.45. The van der Waals surface area contributed by atoms with Crippen LogP contribution in [0.2, 0.25) is 0 Å². The molecule has 0 unspecified atom stereocenters. The van der Waals surface area contributed by atoms with Crippen LogP contribution >= 0.6 is 11.6 Å². The predicted molar refractivity (Wildman–Crippen MR) is 69.5 cm³/mol. The van der Waals surface area contributed by atoms with Crippen LogP contribution in [-0.2, 0) is 6.61 Å². The molecule has 0 fully saturated rings. The van der Waals surface area contributed by atoms with Gasteiger partial charge in [-0.15, -0.1) is 11.6 Å². The Morgan fingerprint density at radius 3 is 3.05 bits per heavy atom. The van der Waals surface area contributed by atoms with Crippen LogP contribution in [0.5, 0.6) is 5.75 Å². The van der Waals surface area contributed by atoms with Crippen molar-refractivity contribution in [2.75, 3.05) is 5.88 Å². The third kappa shape index (κ3) is 4.01. The van der Waals surface area contributed by atoms with Crippen LogP contribution < -0.4 is 4.74 Å². The Morgan fingerprint density at radius 1 is 1.42 bits per heavy atom. The largest absolute Gasteiger partial charge is 0.487 e. The van der Waals surface area contributed by atoms with Gasteiger partial charge in [-0.25, -0.2) is 4.39 Å². The number of benzene rings is 1. The summed E-state index contributed by atoms with van der Waals surface area (Å²) in [6.07, 6.45) is 3.58. The SMILES string of the molecule is Fc1ccc(C#CCCCl)c(OCc2cnoc2)c1. The van der Waals surface area contributed by atoms with Crippen LogP contribution in [0.25, 0.3) is 0 Å². The second kappa shape index (κ2) is 6.81. The molecule has 0 N–H and O–H groups in total. The van der Waals surface area contributed by atoms with Crippen molar-refractivity contribution in [3.05, 3.63) is 47.6 Å². The second-order valence-electron chi connectivity index (χ2n) is 3.70. The Balaban J connectivity index is 2.13. The first-order chi connectivity index (χ1) is 9.29. The number of ether oxygens (including phenoxy) is 1. The summed E-state index contributed by atoms with van der Waals surface area (Å²) in [6, 6.07) is 4.23. The lowest BCUT2D eigenvalue weighted by Crippen LogP contribution is -1.96. The maximum absolute atomic E-state index is 13.2. The zero-order valence-electron chi connectivity index (χ0n) is 10.0. The number of nitrogens with zero attached hydrogens (tertiary/aromatic N) is 1. The molecular formula is C14H11ClFNO2. The summed E-state index contributed by atoms with van der Waals surface area (Å²) in [4.78, 5) is 0. The molecule has 0 aliphatic rings. The summed E-state index contributed by atoms with van der Waals surface area (Å²) in [5.74, 6) is 6.28. The van der Waals surface area contributed by atoms with E-state index in [-0.39, 0.29) is 12.4 Å². The Bertz CT molecular complexity index is 587. The minimum absolute atomic E-state index is 0.247. The number of rotatable bonds is 4. The standard InChI is InChI=1S/C14H11ClFNO2/c15-6-2-1-3-12-4-5-13(16)7-14(12)18-9-11-8-17-19-10-11/h4-5,7-8,10H,2,6,9H2. The van der Waals surface area contributed by atoms with Gasteiger partial charge in [-0.1, -0.05) is 17.0 Å². The Hall–Kier alpha value is -1.99. The van der Waals surface area contributed by atoms with Crippen molar-refractivity contribution in [2.45, 2.75) is 13.0 Å². The molecule has 3 nitrogen and oxygen atoms in total. The zero-order chi connectivity index (χ0) is 13.5. The molecule has 19 heavy (non-hydrogen) atoms. The van der Waals surface area contributed by atoms with Crippen molar-refractivity contribution >= 4 is 11.6 Å². The molecule has 1 aromatic heterocycles. The zero-order valence-corrected chi connectivity index (χ0v) is 10.8. The van der Waals surface area contributed by atoms with Crippen LogP contribution in [0.15, 0.2) is 35.2 Å². The average molecular weight is 280 g/mol. The van der Waals surface area contributed by atoms with Gasteiger partial charge in [0.05, 0.1) is 11.8 Å². The highest BCUT2D eigenvalue weighted by atomic mass is 35.5. The summed E-state index contributed by atoms with van der Waals surface area (Å²) >= 11 is 5.55. The van der Waals surface area contributed by atoms with Crippen molar-refractivity contribution < 1.29 is 13.7 Å². The first-order valence-electron chi connectivity index (χ1n) is 5.65. The summed E-state index contributed by atoms with van der Waals surface area (Å²) in [7, 11) is 0. The van der Waals surface area contributed by atoms with Crippen molar-refractivity contribution in [1.29, 1.82) is 0 Å². The van der Waals surface area contributed by atoms with Crippen molar-refractivity contribution in [2.24, 2.45) is 0 Å². The minimum atomic E-state index is -0.372. The molecule has 0 saturated heterocycles. The van der Waals surface area contributed by atoms with Crippen molar-refractivity contribution in [1.82, 2.24) is 5.16 Å². The van der Waals surface area contributed by atoms with Gasteiger partial charge in [-0.3, -0.25) is 0 Å². The van der Waals surface area contributed by atoms with E-state index in [9.17, 15) is 4.39 Å². The lowest BCUT2D eigenvalue weighted by molar-refractivity contribution is 0.302. The molecule has 2 aromatic rings. The van der Waals surface area contributed by atoms with E-state index in [1.807, 2.05) is 0 Å². The molecule has 0 radical (unpaired) electrons. The lowest BCUT2D eigenvalue weighted by Gasteiger charge is -2.06. The van der Waals surface area contributed by atoms with Crippen LogP contribution in [0.1, 0.15) is 17.5 Å². The number of aromatic nitrogens is 1. The van der Waals surface area contributed by atoms with Gasteiger partial charge in [0.2, 0.25) is 0 Å². The summed E-state index contributed by atoms with van der Waals surface area (Å²) in [6.45, 7) is 0.247. The van der Waals surface area contributed by atoms with Gasteiger partial charge in [0.15, 0.2) is 0 Å². The first kappa shape index (κ1) is 13.4. The normalized spacial score (nSPS) is 9.79. The van der Waals surface area contributed by atoms with Crippen molar-refractivity contribution in [3.8, 4) is 17.6 Å². The molecule has 0 bridgehead atoms. The fourth-order valence-electron chi connectivity index (χ4n) is 1.38. The van der Waals surface area contributed by atoms with Gasteiger partial charge in [0, 0.05) is 23.9 Å². The van der Waals surface area contributed by atoms with E-state index in [0.29, 0.717) is 23.6 Å². The fourth-order valence-corrected chi connectivity index (χ4v) is 1.48. The molecule has 2 rings (SSSR count). The Labute approximate surface area is 115 Å². The van der Waals surface area contributed by atoms with Gasteiger partial charge in [-0.2, -0.15) is 0 Å². The number of hydrogen-bond acceptors (Lipinski definition) is 3. The third-order valence-electron chi connectivity index (χ3n) is 2.26. The second-order valence-corrected chi connectivity index (χ2v) is 4.08. The van der Waals surface area contributed by atoms with E-state index in [1.165, 1.54) is 24.6 Å². The van der Waals surface area contributed by atoms with E-state index in [1.54, 1.807) is 6.07 Å². The number of hydrogen-bond donors (Lipinski definition) is 0. The van der Waals surface area contributed by atoms with Crippen LogP contribution in [-0.4, -0.2) is 11.0 Å². The highest BCUT2D eigenvalue weighted by Gasteiger charge is 2.05. The first-order valence-corrected chi connectivity index (χ1v) is 6.18. The maximum Gasteiger partial charge on any atom is 0.138 e. The van der Waals surface area contributed by atoms with E-state index < -0.39 is 0 Å². The maximum atomic E-state index is 13.2. The molecule has 0 amide bonds. The average Bonchev–Trinajstić information content (AvgIpc) is 2.92. The topological polar surface area (TPSA) is 35.3 Å². The number of alkyl halides is 1. The van der Waals surface area contributed by atoms with Crippen LogP contribution in [0, 0.1) is 17.7 Å². The van der Waals surface area contributed by atoms with Gasteiger partial charge >= 0.3 is 0 Å². The smallest absolute Gasteiger partial charge is 0.138 e. The van der Waals surface area contributed by atoms with Crippen LogP contribution in [0.3, 0.4) is 0 Å². The quantitative estimate of drug-likeness (QED) is 0.636. The summed E-state index contributed by atoms with van der Waals surface area (Å²) in [5.41, 5.74) is 1.40. The number of halogens is 2. The minimum Gasteiger partial charge on any atom is -0.487 e. The van der Waals surface area contributed by atoms with Gasteiger partial charge in [0.25, 0.3) is 0 Å². The van der Waals surface area contributed by atoms with E-state index in [2.05, 4.69) is 21.5 Å². The summed E-state index contributed by atoms with van der Waals surface area (Å²) < 4.78 is 23.4. The fraction of sp³-hybridized carbons (Fsp3) is 0.214. The molecule has 5 heteroatoms. The summed E-state index contributed by atoms with van der Waals surface area (Å²) in [5, 5.41) is 3.56. The molecule has 0 saturated carbocycles. The van der Waals surface area contributed by atoms with Crippen LogP contribution in [0.4, 0.5) is 4.39 Å². The molecule has 0 aliphatic heterocycles. The predicted octanol–water partition coefficient (Wildman–Crippen LogP) is 3.37. The van der Waals surface area contributed by atoms with E-state index in [4.69, 9.17) is 16.3 Å². The van der Waals surface area contributed by atoms with Gasteiger partial charge in [-0.05, 0) is 12.1 Å². The van der Waals surface area contributed by atoms with E-state index >= 15 is 0 Å². The molecule has 0 atom stereocenters. The molecule has 0 spiro atoms. The highest BCUT2D eigenvalue weighted by molar-refractivity contribution is 6.18. The van der Waals surface area contributed by atoms with Gasteiger partial charge in [0.1, 0.15) is 24.4 Å². The molecular weight excluding hydrogens is 269 g/mol. The Kier molecular flexibility index (Phi) is 4.82. The molecule has 1 aromatic carbocycles. The lowest BCUT2D eigenvalue weighted by atomic mass is 10.2. The van der Waals surface area contributed by atoms with E-state index in [0.717, 1.165) is 5.56 Å². The molecule has 1 heterocycles. The Morgan fingerprint density at radius 2 is 2.32 bits per heavy atom. The molecule has 0 aliphatic carbocycles. The highest BCUT2D eigenvalue weighted by Crippen LogP contribution is 2.20. The molecule has 98 valence electrons. The van der Waals surface area contributed by atoms with Gasteiger partial charge < -0.3 is 9.26 Å². The van der Waals surface area contributed by atoms with Crippen molar-refractivity contribution in [3.63, 3.8) is 0 Å². The monoisotopic (exact) mass is 279 g/mol.